The van der Waals surface area contributed by atoms with Crippen molar-refractivity contribution in [2.45, 2.75) is 6.92 Å². The van der Waals surface area contributed by atoms with Crippen molar-refractivity contribution in [3.63, 3.8) is 0 Å². The zero-order valence-corrected chi connectivity index (χ0v) is 5.37. The number of hydrogen-bond acceptors (Lipinski definition) is 1. The average Bonchev–Trinajstić information content (AvgIpc) is 1.82. The lowest BCUT2D eigenvalue weighted by molar-refractivity contribution is -0.139. The van der Waals surface area contributed by atoms with Crippen molar-refractivity contribution in [1.82, 2.24) is 0 Å². The summed E-state index contributed by atoms with van der Waals surface area (Å²) < 4.78 is 0. The molecule has 1 atom stereocenters. The number of hydrogen-bond donors (Lipinski definition) is 1. The molecule has 0 radical (unpaired) electrons. The largest absolute Gasteiger partial charge is 0.481 e. The molecule has 0 fully saturated rings. The molecule has 0 unspecified atom stereocenters. The third kappa shape index (κ3) is 3.53. The van der Waals surface area contributed by atoms with E-state index in [1.54, 1.807) is 25.2 Å². The van der Waals surface area contributed by atoms with Gasteiger partial charge in [-0.25, -0.2) is 0 Å². The van der Waals surface area contributed by atoms with E-state index < -0.39 is 11.9 Å². The Bertz CT molecular complexity index is 136. The van der Waals surface area contributed by atoms with E-state index in [0.717, 1.165) is 0 Å². The van der Waals surface area contributed by atoms with E-state index in [9.17, 15) is 4.79 Å². The van der Waals surface area contributed by atoms with Crippen molar-refractivity contribution in [1.29, 1.82) is 0 Å². The topological polar surface area (TPSA) is 37.3 Å². The Hall–Kier alpha value is -1.05. The highest BCUT2D eigenvalue weighted by Gasteiger charge is 2.03. The highest BCUT2D eigenvalue weighted by molar-refractivity contribution is 5.71. The van der Waals surface area contributed by atoms with Gasteiger partial charge in [-0.1, -0.05) is 24.8 Å². The summed E-state index contributed by atoms with van der Waals surface area (Å²) in [5.74, 6) is -1.23. The predicted molar refractivity (Wildman–Crippen MR) is 36.1 cm³/mol. The van der Waals surface area contributed by atoms with Crippen LogP contribution >= 0.6 is 0 Å². The number of aliphatic carboxylic acids is 1. The quantitative estimate of drug-likeness (QED) is 0.581. The van der Waals surface area contributed by atoms with Crippen LogP contribution in [0.15, 0.2) is 24.8 Å². The maximum atomic E-state index is 10.1. The minimum atomic E-state index is -0.812. The highest BCUT2D eigenvalue weighted by atomic mass is 16.4. The van der Waals surface area contributed by atoms with Gasteiger partial charge in [0.25, 0.3) is 0 Å². The third-order valence-electron chi connectivity index (χ3n) is 0.925. The van der Waals surface area contributed by atoms with Gasteiger partial charge in [0, 0.05) is 0 Å². The minimum absolute atomic E-state index is 0.414. The molecule has 2 heteroatoms. The van der Waals surface area contributed by atoms with Crippen LogP contribution in [0, 0.1) is 5.92 Å². The lowest BCUT2D eigenvalue weighted by atomic mass is 10.2. The fourth-order valence-electron chi connectivity index (χ4n) is 0.328. The monoisotopic (exact) mass is 126 g/mol. The molecule has 0 spiro atoms. The van der Waals surface area contributed by atoms with Crippen molar-refractivity contribution in [3.05, 3.63) is 24.8 Å². The molecule has 2 nitrogen and oxygen atoms in total. The van der Waals surface area contributed by atoms with Gasteiger partial charge in [0.15, 0.2) is 0 Å². The van der Waals surface area contributed by atoms with Gasteiger partial charge in [-0.05, 0) is 6.92 Å². The van der Waals surface area contributed by atoms with Crippen LogP contribution in [-0.4, -0.2) is 11.1 Å². The molecule has 50 valence electrons. The van der Waals surface area contributed by atoms with Crippen LogP contribution in [0.4, 0.5) is 0 Å². The van der Waals surface area contributed by atoms with E-state index in [2.05, 4.69) is 6.58 Å². The number of allylic oxidation sites excluding steroid dienone is 2. The molecule has 0 aromatic heterocycles. The van der Waals surface area contributed by atoms with Crippen LogP contribution in [0.25, 0.3) is 0 Å². The molecule has 0 aromatic carbocycles. The molecule has 0 aromatic rings. The number of carboxylic acid groups (broad SMARTS) is 1. The van der Waals surface area contributed by atoms with Gasteiger partial charge in [-0.2, -0.15) is 0 Å². The van der Waals surface area contributed by atoms with Gasteiger partial charge in [0.1, 0.15) is 0 Å². The summed E-state index contributed by atoms with van der Waals surface area (Å²) in [6, 6.07) is 0. The zero-order valence-electron chi connectivity index (χ0n) is 5.37. The maximum absolute atomic E-state index is 10.1. The second-order valence-corrected chi connectivity index (χ2v) is 1.75. The first-order chi connectivity index (χ1) is 4.18. The van der Waals surface area contributed by atoms with Gasteiger partial charge in [0.05, 0.1) is 5.92 Å². The molecular formula is C7H10O2. The average molecular weight is 126 g/mol. The maximum Gasteiger partial charge on any atom is 0.310 e. The molecule has 0 rings (SSSR count). The molecule has 0 bridgehead atoms. The Morgan fingerprint density at radius 1 is 1.78 bits per heavy atom. The molecule has 0 amide bonds. The first-order valence-electron chi connectivity index (χ1n) is 2.70. The van der Waals surface area contributed by atoms with Crippen molar-refractivity contribution in [3.8, 4) is 0 Å². The van der Waals surface area contributed by atoms with Crippen molar-refractivity contribution >= 4 is 5.97 Å². The smallest absolute Gasteiger partial charge is 0.310 e. The number of carboxylic acids is 1. The Labute approximate surface area is 54.5 Å². The molecule has 0 saturated heterocycles. The van der Waals surface area contributed by atoms with Gasteiger partial charge in [-0.15, -0.1) is 0 Å². The molecule has 9 heavy (non-hydrogen) atoms. The summed E-state index contributed by atoms with van der Waals surface area (Å²) in [6.45, 7) is 5.03. The predicted octanol–water partition coefficient (Wildman–Crippen LogP) is 1.45. The minimum Gasteiger partial charge on any atom is -0.481 e. The fourth-order valence-corrected chi connectivity index (χ4v) is 0.328. The van der Waals surface area contributed by atoms with Gasteiger partial charge in [0.2, 0.25) is 0 Å². The standard InChI is InChI=1S/C7H10O2/c1-3-4-5-6(2)7(8)9/h3-6H,1H2,2H3,(H,8,9)/b5-4+/t6-/m1/s1. The molecule has 0 heterocycles. The van der Waals surface area contributed by atoms with E-state index in [0.29, 0.717) is 0 Å². The Morgan fingerprint density at radius 2 is 2.33 bits per heavy atom. The van der Waals surface area contributed by atoms with Crippen LogP contribution in [-0.2, 0) is 4.79 Å². The van der Waals surface area contributed by atoms with Gasteiger partial charge in [-0.3, -0.25) is 4.79 Å². The number of rotatable bonds is 3. The Kier molecular flexibility index (Phi) is 3.44. The van der Waals surface area contributed by atoms with E-state index in [-0.39, 0.29) is 0 Å². The first-order valence-corrected chi connectivity index (χ1v) is 2.70. The third-order valence-corrected chi connectivity index (χ3v) is 0.925. The van der Waals surface area contributed by atoms with E-state index in [1.165, 1.54) is 0 Å². The second kappa shape index (κ2) is 3.89. The second-order valence-electron chi connectivity index (χ2n) is 1.75. The molecule has 0 aliphatic heterocycles. The van der Waals surface area contributed by atoms with Gasteiger partial charge < -0.3 is 5.11 Å². The Morgan fingerprint density at radius 3 is 2.67 bits per heavy atom. The van der Waals surface area contributed by atoms with Gasteiger partial charge >= 0.3 is 5.97 Å². The Balaban J connectivity index is 3.75. The van der Waals surface area contributed by atoms with Crippen LogP contribution in [0.2, 0.25) is 0 Å². The molecular weight excluding hydrogens is 116 g/mol. The van der Waals surface area contributed by atoms with Crippen LogP contribution in [0.5, 0.6) is 0 Å². The lowest BCUT2D eigenvalue weighted by Crippen LogP contribution is -2.05. The molecule has 0 aliphatic rings. The lowest BCUT2D eigenvalue weighted by Gasteiger charge is -1.93. The SMILES string of the molecule is C=C/C=C/[C@@H](C)C(=O)O. The van der Waals surface area contributed by atoms with E-state index >= 15 is 0 Å². The summed E-state index contributed by atoms with van der Waals surface area (Å²) in [5.41, 5.74) is 0. The molecule has 1 N–H and O–H groups in total. The molecule has 0 saturated carbocycles. The fraction of sp³-hybridized carbons (Fsp3) is 0.286. The summed E-state index contributed by atoms with van der Waals surface area (Å²) >= 11 is 0. The summed E-state index contributed by atoms with van der Waals surface area (Å²) in [5, 5.41) is 8.32. The summed E-state index contributed by atoms with van der Waals surface area (Å²) in [7, 11) is 0. The zero-order chi connectivity index (χ0) is 7.28. The van der Waals surface area contributed by atoms with Crippen molar-refractivity contribution in [2.75, 3.05) is 0 Å². The first kappa shape index (κ1) is 7.95. The highest BCUT2D eigenvalue weighted by Crippen LogP contribution is 1.95. The van der Waals surface area contributed by atoms with Crippen LogP contribution < -0.4 is 0 Å². The molecule has 0 aliphatic carbocycles. The van der Waals surface area contributed by atoms with Crippen molar-refractivity contribution < 1.29 is 9.90 Å². The van der Waals surface area contributed by atoms with E-state index in [1.807, 2.05) is 0 Å². The van der Waals surface area contributed by atoms with Crippen molar-refractivity contribution in [2.24, 2.45) is 5.92 Å². The van der Waals surface area contributed by atoms with E-state index in [4.69, 9.17) is 5.11 Å². The van der Waals surface area contributed by atoms with Crippen LogP contribution in [0.3, 0.4) is 0 Å². The normalized spacial score (nSPS) is 13.4. The number of carbonyl (C=O) groups is 1. The summed E-state index contributed by atoms with van der Waals surface area (Å²) in [6.07, 6.45) is 4.76. The van der Waals surface area contributed by atoms with Crippen LogP contribution in [0.1, 0.15) is 6.92 Å². The summed E-state index contributed by atoms with van der Waals surface area (Å²) in [4.78, 5) is 10.1.